The maximum atomic E-state index is 13.1. The smallest absolute Gasteiger partial charge is 0.254 e. The quantitative estimate of drug-likeness (QED) is 0.544. The van der Waals surface area contributed by atoms with E-state index in [2.05, 4.69) is 34.4 Å². The number of aliphatic hydroxyl groups is 1. The summed E-state index contributed by atoms with van der Waals surface area (Å²) in [6, 6.07) is 7.57. The highest BCUT2D eigenvalue weighted by molar-refractivity contribution is 5.93. The SMILES string of the molecule is COc1ccccc1CNC(=O)[C@@H](C)[C@@H]1CC[C@@]2(C)CC[C@H](NC(=O)c3cncnc3)[C@@H](C)[C@@H]2[C@H]1O. The molecule has 4 rings (SSSR count). The molecule has 2 amide bonds. The lowest BCUT2D eigenvalue weighted by atomic mass is 9.51. The summed E-state index contributed by atoms with van der Waals surface area (Å²) in [5, 5.41) is 17.8. The van der Waals surface area contributed by atoms with Gasteiger partial charge < -0.3 is 20.5 Å². The monoisotopic (exact) mass is 494 g/mol. The zero-order valence-corrected chi connectivity index (χ0v) is 21.6. The lowest BCUT2D eigenvalue weighted by molar-refractivity contribution is -0.142. The van der Waals surface area contributed by atoms with Crippen LogP contribution in [0.5, 0.6) is 5.75 Å². The second-order valence-corrected chi connectivity index (χ2v) is 10.8. The molecule has 0 aliphatic heterocycles. The summed E-state index contributed by atoms with van der Waals surface area (Å²) in [4.78, 5) is 33.8. The van der Waals surface area contributed by atoms with Gasteiger partial charge in [0.1, 0.15) is 12.1 Å². The van der Waals surface area contributed by atoms with Crippen molar-refractivity contribution in [1.29, 1.82) is 0 Å². The maximum Gasteiger partial charge on any atom is 0.254 e. The minimum atomic E-state index is -0.620. The predicted octanol–water partition coefficient (Wildman–Crippen LogP) is 3.36. The number of rotatable bonds is 7. The Hall–Kier alpha value is -3.00. The van der Waals surface area contributed by atoms with E-state index in [4.69, 9.17) is 4.74 Å². The van der Waals surface area contributed by atoms with E-state index in [1.54, 1.807) is 7.11 Å². The first-order valence-corrected chi connectivity index (χ1v) is 12.9. The number of carbonyl (C=O) groups is 2. The van der Waals surface area contributed by atoms with Crippen LogP contribution in [0.2, 0.25) is 0 Å². The molecular weight excluding hydrogens is 456 g/mol. The summed E-state index contributed by atoms with van der Waals surface area (Å²) < 4.78 is 5.39. The number of nitrogens with zero attached hydrogens (tertiary/aromatic N) is 2. The van der Waals surface area contributed by atoms with Crippen LogP contribution < -0.4 is 15.4 Å². The molecule has 7 atom stereocenters. The fourth-order valence-corrected chi connectivity index (χ4v) is 6.55. The average molecular weight is 495 g/mol. The number of amides is 2. The van der Waals surface area contributed by atoms with Gasteiger partial charge in [-0.15, -0.1) is 0 Å². The number of para-hydroxylation sites is 1. The van der Waals surface area contributed by atoms with E-state index in [0.29, 0.717) is 12.1 Å². The second-order valence-electron chi connectivity index (χ2n) is 10.8. The zero-order chi connectivity index (χ0) is 25.9. The van der Waals surface area contributed by atoms with Gasteiger partial charge in [0.25, 0.3) is 5.91 Å². The van der Waals surface area contributed by atoms with Gasteiger partial charge in [0.2, 0.25) is 5.91 Å². The van der Waals surface area contributed by atoms with Crippen LogP contribution >= 0.6 is 0 Å². The molecule has 3 N–H and O–H groups in total. The Morgan fingerprint density at radius 2 is 1.89 bits per heavy atom. The first kappa shape index (κ1) is 26.1. The van der Waals surface area contributed by atoms with Gasteiger partial charge in [0, 0.05) is 36.5 Å². The third-order valence-electron chi connectivity index (χ3n) is 8.73. The molecule has 0 saturated heterocycles. The van der Waals surface area contributed by atoms with Crippen molar-refractivity contribution in [2.24, 2.45) is 29.1 Å². The van der Waals surface area contributed by atoms with Gasteiger partial charge >= 0.3 is 0 Å². The van der Waals surface area contributed by atoms with E-state index in [9.17, 15) is 14.7 Å². The van der Waals surface area contributed by atoms with Crippen molar-refractivity contribution < 1.29 is 19.4 Å². The van der Waals surface area contributed by atoms with Gasteiger partial charge in [-0.25, -0.2) is 9.97 Å². The van der Waals surface area contributed by atoms with Gasteiger partial charge in [-0.1, -0.05) is 39.0 Å². The number of benzene rings is 1. The molecule has 1 aromatic carbocycles. The average Bonchev–Trinajstić information content (AvgIpc) is 2.89. The number of methoxy groups -OCH3 is 1. The molecule has 1 aromatic heterocycles. The van der Waals surface area contributed by atoms with E-state index < -0.39 is 6.10 Å². The molecule has 0 bridgehead atoms. The van der Waals surface area contributed by atoms with Crippen LogP contribution in [0.4, 0.5) is 0 Å². The first-order valence-electron chi connectivity index (χ1n) is 12.9. The maximum absolute atomic E-state index is 13.1. The normalized spacial score (nSPS) is 30.5. The lowest BCUT2D eigenvalue weighted by Crippen LogP contribution is -2.58. The van der Waals surface area contributed by atoms with Crippen LogP contribution in [0.15, 0.2) is 43.0 Å². The molecule has 2 aliphatic carbocycles. The summed E-state index contributed by atoms with van der Waals surface area (Å²) in [6.45, 7) is 6.66. The number of carbonyl (C=O) groups excluding carboxylic acids is 2. The summed E-state index contributed by atoms with van der Waals surface area (Å²) >= 11 is 0. The molecule has 1 heterocycles. The van der Waals surface area contributed by atoms with Crippen LogP contribution in [0, 0.1) is 29.1 Å². The Labute approximate surface area is 213 Å². The van der Waals surface area contributed by atoms with E-state index >= 15 is 0 Å². The van der Waals surface area contributed by atoms with Crippen molar-refractivity contribution in [3.05, 3.63) is 54.1 Å². The van der Waals surface area contributed by atoms with E-state index in [-0.39, 0.29) is 46.9 Å². The van der Waals surface area contributed by atoms with Gasteiger partial charge in [-0.2, -0.15) is 0 Å². The molecule has 2 fully saturated rings. The Morgan fingerprint density at radius 1 is 1.19 bits per heavy atom. The van der Waals surface area contributed by atoms with Crippen molar-refractivity contribution in [3.63, 3.8) is 0 Å². The summed E-state index contributed by atoms with van der Waals surface area (Å²) in [6.07, 6.45) is 7.36. The number of nitrogens with one attached hydrogen (secondary N) is 2. The molecule has 8 heteroatoms. The Kier molecular flexibility index (Phi) is 7.93. The number of hydrogen-bond acceptors (Lipinski definition) is 6. The lowest BCUT2D eigenvalue weighted by Gasteiger charge is -2.56. The van der Waals surface area contributed by atoms with Crippen molar-refractivity contribution in [2.45, 2.75) is 65.1 Å². The molecule has 0 spiro atoms. The van der Waals surface area contributed by atoms with E-state index in [1.807, 2.05) is 31.2 Å². The molecule has 36 heavy (non-hydrogen) atoms. The number of aliphatic hydroxyl groups excluding tert-OH is 1. The standard InChI is InChI=1S/C28H38N4O4/c1-17(26(34)31-15-19-7-5-6-8-23(19)36-4)21-9-11-28(3)12-10-22(18(2)24(28)25(21)33)32-27(35)20-13-29-16-30-14-20/h5-8,13-14,16-18,21-22,24-25,33H,9-12,15H2,1-4H3,(H,31,34)(H,32,35)/t17-,18+,21-,22-,24+,25-,28-/m0/s1. The van der Waals surface area contributed by atoms with Gasteiger partial charge in [-0.3, -0.25) is 9.59 Å². The topological polar surface area (TPSA) is 113 Å². The van der Waals surface area contributed by atoms with Crippen LogP contribution in [0.1, 0.15) is 62.4 Å². The number of hydrogen-bond donors (Lipinski definition) is 3. The van der Waals surface area contributed by atoms with Crippen LogP contribution in [-0.4, -0.2) is 46.1 Å². The minimum absolute atomic E-state index is 0.00760. The highest BCUT2D eigenvalue weighted by atomic mass is 16.5. The molecule has 8 nitrogen and oxygen atoms in total. The molecular formula is C28H38N4O4. The predicted molar refractivity (Wildman–Crippen MR) is 136 cm³/mol. The van der Waals surface area contributed by atoms with E-state index in [0.717, 1.165) is 37.0 Å². The molecule has 194 valence electrons. The molecule has 2 saturated carbocycles. The fourth-order valence-electron chi connectivity index (χ4n) is 6.55. The van der Waals surface area contributed by atoms with Gasteiger partial charge in [0.05, 0.1) is 18.8 Å². The van der Waals surface area contributed by atoms with Crippen molar-refractivity contribution in [2.75, 3.05) is 7.11 Å². The fraction of sp³-hybridized carbons (Fsp3) is 0.571. The zero-order valence-electron chi connectivity index (χ0n) is 21.6. The largest absolute Gasteiger partial charge is 0.496 e. The molecule has 2 aliphatic rings. The molecule has 2 aromatic rings. The van der Waals surface area contributed by atoms with Crippen molar-refractivity contribution in [3.8, 4) is 5.75 Å². The Morgan fingerprint density at radius 3 is 2.61 bits per heavy atom. The Balaban J connectivity index is 1.42. The van der Waals surface area contributed by atoms with Crippen molar-refractivity contribution in [1.82, 2.24) is 20.6 Å². The minimum Gasteiger partial charge on any atom is -0.496 e. The number of aromatic nitrogens is 2. The molecule has 0 radical (unpaired) electrons. The van der Waals surface area contributed by atoms with Crippen LogP contribution in [-0.2, 0) is 11.3 Å². The van der Waals surface area contributed by atoms with Crippen LogP contribution in [0.3, 0.4) is 0 Å². The van der Waals surface area contributed by atoms with Crippen LogP contribution in [0.25, 0.3) is 0 Å². The third kappa shape index (κ3) is 5.24. The van der Waals surface area contributed by atoms with Crippen molar-refractivity contribution >= 4 is 11.8 Å². The number of ether oxygens (including phenoxy) is 1. The third-order valence-corrected chi connectivity index (χ3v) is 8.73. The number of fused-ring (bicyclic) bond motifs is 1. The van der Waals surface area contributed by atoms with E-state index in [1.165, 1.54) is 18.7 Å². The summed E-state index contributed by atoms with van der Waals surface area (Å²) in [5.74, 6) is 0.0758. The second kappa shape index (κ2) is 10.9. The summed E-state index contributed by atoms with van der Waals surface area (Å²) in [5.41, 5.74) is 1.33. The Bertz CT molecular complexity index is 1060. The molecule has 0 unspecified atom stereocenters. The summed E-state index contributed by atoms with van der Waals surface area (Å²) in [7, 11) is 1.62. The first-order chi connectivity index (χ1) is 17.2. The van der Waals surface area contributed by atoms with Gasteiger partial charge in [-0.05, 0) is 54.9 Å². The highest BCUT2D eigenvalue weighted by Crippen LogP contribution is 2.55. The highest BCUT2D eigenvalue weighted by Gasteiger charge is 2.53. The van der Waals surface area contributed by atoms with Gasteiger partial charge in [0.15, 0.2) is 0 Å².